The van der Waals surface area contributed by atoms with Crippen LogP contribution in [0.4, 0.5) is 10.1 Å². The average molecular weight is 201 g/mol. The Bertz CT molecular complexity index is 417. The fourth-order valence-corrected chi connectivity index (χ4v) is 0.912. The lowest BCUT2D eigenvalue weighted by Gasteiger charge is -2.00. The van der Waals surface area contributed by atoms with Gasteiger partial charge in [-0.1, -0.05) is 0 Å². The maximum Gasteiger partial charge on any atom is 0.342 e. The third-order valence-corrected chi connectivity index (χ3v) is 1.51. The number of hydrogen-bond acceptors (Lipinski definition) is 4. The molecule has 0 saturated carbocycles. The number of phenols is 1. The molecule has 0 radical (unpaired) electrons. The molecular formula is C7H4FNO5. The van der Waals surface area contributed by atoms with Gasteiger partial charge < -0.3 is 10.2 Å². The third kappa shape index (κ3) is 1.47. The van der Waals surface area contributed by atoms with Gasteiger partial charge in [-0.2, -0.15) is 0 Å². The van der Waals surface area contributed by atoms with Crippen LogP contribution in [0.1, 0.15) is 10.4 Å². The summed E-state index contributed by atoms with van der Waals surface area (Å²) in [4.78, 5) is 19.6. The number of halogens is 1. The molecule has 6 nitrogen and oxygen atoms in total. The van der Waals surface area contributed by atoms with Crippen LogP contribution in [0.3, 0.4) is 0 Å². The molecular weight excluding hydrogens is 197 g/mol. The quantitative estimate of drug-likeness (QED) is 0.551. The molecule has 7 heteroatoms. The van der Waals surface area contributed by atoms with Crippen LogP contribution in [0.2, 0.25) is 0 Å². The Balaban J connectivity index is 3.53. The first-order chi connectivity index (χ1) is 6.45. The van der Waals surface area contributed by atoms with Gasteiger partial charge in [0.1, 0.15) is 5.56 Å². The lowest BCUT2D eigenvalue weighted by atomic mass is 10.1. The molecule has 0 spiro atoms. The molecule has 2 N–H and O–H groups in total. The van der Waals surface area contributed by atoms with Gasteiger partial charge in [0.25, 0.3) is 0 Å². The molecule has 1 aromatic carbocycles. The molecule has 0 bridgehead atoms. The van der Waals surface area contributed by atoms with E-state index in [-0.39, 0.29) is 0 Å². The van der Waals surface area contributed by atoms with Crippen LogP contribution < -0.4 is 0 Å². The molecule has 0 unspecified atom stereocenters. The number of carboxylic acids is 1. The number of nitro benzene ring substituents is 1. The van der Waals surface area contributed by atoms with Crippen molar-refractivity contribution in [1.29, 1.82) is 0 Å². The molecule has 14 heavy (non-hydrogen) atoms. The minimum atomic E-state index is -1.60. The number of nitro groups is 1. The molecule has 1 rings (SSSR count). The molecule has 1 aromatic rings. The van der Waals surface area contributed by atoms with Gasteiger partial charge >= 0.3 is 11.7 Å². The first-order valence-corrected chi connectivity index (χ1v) is 3.34. The van der Waals surface area contributed by atoms with Crippen molar-refractivity contribution in [2.75, 3.05) is 0 Å². The van der Waals surface area contributed by atoms with Crippen molar-refractivity contribution >= 4 is 11.7 Å². The summed E-state index contributed by atoms with van der Waals surface area (Å²) < 4.78 is 12.6. The number of aromatic hydroxyl groups is 1. The van der Waals surface area contributed by atoms with E-state index in [1.54, 1.807) is 0 Å². The van der Waals surface area contributed by atoms with E-state index >= 15 is 0 Å². The molecule has 0 atom stereocenters. The van der Waals surface area contributed by atoms with Crippen LogP contribution in [-0.4, -0.2) is 21.1 Å². The number of nitrogens with zero attached hydrogens (tertiary/aromatic N) is 1. The fraction of sp³-hybridized carbons (Fsp3) is 0. The van der Waals surface area contributed by atoms with Gasteiger partial charge in [0.15, 0.2) is 5.82 Å². The number of carbonyl (C=O) groups is 1. The van der Waals surface area contributed by atoms with Crippen molar-refractivity contribution in [2.24, 2.45) is 0 Å². The van der Waals surface area contributed by atoms with Gasteiger partial charge in [-0.25, -0.2) is 9.18 Å². The minimum Gasteiger partial charge on any atom is -0.500 e. The van der Waals surface area contributed by atoms with Gasteiger partial charge in [0, 0.05) is 0 Å². The normalized spacial score (nSPS) is 9.79. The third-order valence-electron chi connectivity index (χ3n) is 1.51. The van der Waals surface area contributed by atoms with E-state index < -0.39 is 33.7 Å². The topological polar surface area (TPSA) is 101 Å². The van der Waals surface area contributed by atoms with Crippen LogP contribution in [0.5, 0.6) is 5.75 Å². The van der Waals surface area contributed by atoms with Crippen LogP contribution in [0.25, 0.3) is 0 Å². The molecule has 0 aliphatic rings. The summed E-state index contributed by atoms with van der Waals surface area (Å²) in [5.74, 6) is -4.11. The van der Waals surface area contributed by atoms with Crippen molar-refractivity contribution in [3.8, 4) is 5.75 Å². The monoisotopic (exact) mass is 201 g/mol. The highest BCUT2D eigenvalue weighted by atomic mass is 19.1. The van der Waals surface area contributed by atoms with Gasteiger partial charge in [0.2, 0.25) is 5.75 Å². The number of aromatic carboxylic acids is 1. The Morgan fingerprint density at radius 2 is 2.07 bits per heavy atom. The first kappa shape index (κ1) is 9.90. The summed E-state index contributed by atoms with van der Waals surface area (Å²) in [5.41, 5.74) is -1.90. The maximum absolute atomic E-state index is 12.6. The molecule has 0 aromatic heterocycles. The molecule has 0 aliphatic carbocycles. The second kappa shape index (κ2) is 3.29. The summed E-state index contributed by atoms with van der Waals surface area (Å²) in [7, 11) is 0. The van der Waals surface area contributed by atoms with Crippen LogP contribution in [-0.2, 0) is 0 Å². The number of benzene rings is 1. The van der Waals surface area contributed by atoms with Crippen molar-refractivity contribution in [2.45, 2.75) is 0 Å². The highest BCUT2D eigenvalue weighted by molar-refractivity contribution is 5.93. The number of phenolic OH excluding ortho intramolecular Hbond substituents is 1. The van der Waals surface area contributed by atoms with Gasteiger partial charge in [-0.15, -0.1) is 0 Å². The van der Waals surface area contributed by atoms with Crippen molar-refractivity contribution in [3.05, 3.63) is 33.6 Å². The molecule has 0 fully saturated rings. The van der Waals surface area contributed by atoms with E-state index in [1.165, 1.54) is 0 Å². The Kier molecular flexibility index (Phi) is 2.32. The second-order valence-corrected chi connectivity index (χ2v) is 2.35. The lowest BCUT2D eigenvalue weighted by molar-refractivity contribution is -0.386. The highest BCUT2D eigenvalue weighted by Crippen LogP contribution is 2.32. The zero-order valence-corrected chi connectivity index (χ0v) is 6.60. The van der Waals surface area contributed by atoms with Crippen molar-refractivity contribution in [3.63, 3.8) is 0 Å². The lowest BCUT2D eigenvalue weighted by Crippen LogP contribution is -2.03. The van der Waals surface area contributed by atoms with E-state index in [4.69, 9.17) is 10.2 Å². The van der Waals surface area contributed by atoms with Crippen molar-refractivity contribution in [1.82, 2.24) is 0 Å². The Labute approximate surface area is 76.4 Å². The zero-order valence-electron chi connectivity index (χ0n) is 6.60. The summed E-state index contributed by atoms with van der Waals surface area (Å²) in [6.45, 7) is 0. The number of rotatable bonds is 2. The van der Waals surface area contributed by atoms with E-state index in [1.807, 2.05) is 0 Å². The Morgan fingerprint density at radius 1 is 1.50 bits per heavy atom. The summed E-state index contributed by atoms with van der Waals surface area (Å²) >= 11 is 0. The van der Waals surface area contributed by atoms with Gasteiger partial charge in [-0.05, 0) is 12.1 Å². The summed E-state index contributed by atoms with van der Waals surface area (Å²) in [5, 5.41) is 27.7. The predicted octanol–water partition coefficient (Wildman–Crippen LogP) is 1.14. The predicted molar refractivity (Wildman–Crippen MR) is 41.7 cm³/mol. The van der Waals surface area contributed by atoms with Crippen LogP contribution in [0.15, 0.2) is 12.1 Å². The van der Waals surface area contributed by atoms with Crippen molar-refractivity contribution < 1.29 is 24.3 Å². The maximum atomic E-state index is 12.6. The SMILES string of the molecule is O=C(O)c1ccc(F)c(O)c1[N+](=O)[O-]. The van der Waals surface area contributed by atoms with Crippen LogP contribution in [0, 0.1) is 15.9 Å². The standard InChI is InChI=1S/C7H4FNO5/c8-4-2-1-3(7(11)12)5(6(4)10)9(13)14/h1-2,10H,(H,11,12). The number of hydrogen-bond donors (Lipinski definition) is 2. The van der Waals surface area contributed by atoms with E-state index in [2.05, 4.69) is 0 Å². The largest absolute Gasteiger partial charge is 0.500 e. The summed E-state index contributed by atoms with van der Waals surface area (Å²) in [6.07, 6.45) is 0. The fourth-order valence-electron chi connectivity index (χ4n) is 0.912. The van der Waals surface area contributed by atoms with Crippen LogP contribution >= 0.6 is 0 Å². The van der Waals surface area contributed by atoms with Gasteiger partial charge in [-0.3, -0.25) is 10.1 Å². The van der Waals surface area contributed by atoms with E-state index in [9.17, 15) is 19.3 Å². The van der Waals surface area contributed by atoms with E-state index in [0.717, 1.165) is 6.07 Å². The molecule has 0 saturated heterocycles. The Hall–Kier alpha value is -2.18. The molecule has 0 amide bonds. The number of carboxylic acid groups (broad SMARTS) is 1. The molecule has 0 heterocycles. The molecule has 0 aliphatic heterocycles. The zero-order chi connectivity index (χ0) is 10.9. The highest BCUT2D eigenvalue weighted by Gasteiger charge is 2.26. The Morgan fingerprint density at radius 3 is 2.50 bits per heavy atom. The van der Waals surface area contributed by atoms with E-state index in [0.29, 0.717) is 6.07 Å². The average Bonchev–Trinajstić information content (AvgIpc) is 2.08. The smallest absolute Gasteiger partial charge is 0.342 e. The first-order valence-electron chi connectivity index (χ1n) is 3.34. The summed E-state index contributed by atoms with van der Waals surface area (Å²) in [6, 6.07) is 1.36. The molecule has 74 valence electrons. The van der Waals surface area contributed by atoms with Gasteiger partial charge in [0.05, 0.1) is 4.92 Å². The second-order valence-electron chi connectivity index (χ2n) is 2.35. The minimum absolute atomic E-state index is 0.645.